The van der Waals surface area contributed by atoms with Crippen LogP contribution in [0.4, 0.5) is 4.39 Å². The first kappa shape index (κ1) is 12.6. The summed E-state index contributed by atoms with van der Waals surface area (Å²) < 4.78 is 13.0. The third-order valence-electron chi connectivity index (χ3n) is 2.48. The first-order valence-electron chi connectivity index (χ1n) is 5.36. The average Bonchev–Trinajstić information content (AvgIpc) is 2.27. The van der Waals surface area contributed by atoms with Gasteiger partial charge in [0, 0.05) is 0 Å². The van der Waals surface area contributed by atoms with Crippen molar-refractivity contribution in [2.45, 2.75) is 32.4 Å². The topological polar surface area (TPSA) is 55.1 Å². The summed E-state index contributed by atoms with van der Waals surface area (Å²) in [5.41, 5.74) is 6.32. The van der Waals surface area contributed by atoms with E-state index in [0.29, 0.717) is 6.42 Å². The van der Waals surface area contributed by atoms with E-state index < -0.39 is 6.04 Å². The average molecular weight is 224 g/mol. The van der Waals surface area contributed by atoms with Crippen LogP contribution in [0.1, 0.15) is 31.9 Å². The van der Waals surface area contributed by atoms with Crippen LogP contribution >= 0.6 is 0 Å². The van der Waals surface area contributed by atoms with Gasteiger partial charge in [-0.15, -0.1) is 0 Å². The van der Waals surface area contributed by atoms with E-state index in [1.165, 1.54) is 12.1 Å². The fourth-order valence-electron chi connectivity index (χ4n) is 1.37. The minimum atomic E-state index is -0.504. The number of amides is 1. The van der Waals surface area contributed by atoms with Crippen LogP contribution in [0.15, 0.2) is 24.3 Å². The zero-order valence-corrected chi connectivity index (χ0v) is 9.53. The molecule has 0 aliphatic rings. The Morgan fingerprint density at radius 1 is 1.56 bits per heavy atom. The highest BCUT2D eigenvalue weighted by Gasteiger charge is 2.14. The third-order valence-corrected chi connectivity index (χ3v) is 2.48. The molecule has 1 unspecified atom stereocenters. The molecule has 88 valence electrons. The Bertz CT molecular complexity index is 368. The largest absolute Gasteiger partial charge is 0.348 e. The van der Waals surface area contributed by atoms with Crippen molar-refractivity contribution in [2.75, 3.05) is 0 Å². The second kappa shape index (κ2) is 5.61. The third kappa shape index (κ3) is 3.31. The number of carbonyl (C=O) groups excluding carboxylic acids is 1. The maximum atomic E-state index is 13.0. The second-order valence-corrected chi connectivity index (χ2v) is 3.80. The van der Waals surface area contributed by atoms with Gasteiger partial charge in [-0.25, -0.2) is 4.39 Å². The van der Waals surface area contributed by atoms with Crippen molar-refractivity contribution in [3.05, 3.63) is 35.6 Å². The summed E-state index contributed by atoms with van der Waals surface area (Å²) in [7, 11) is 0. The molecule has 2 atom stereocenters. The summed E-state index contributed by atoms with van der Waals surface area (Å²) in [5, 5.41) is 2.74. The minimum absolute atomic E-state index is 0.209. The molecule has 0 saturated heterocycles. The highest BCUT2D eigenvalue weighted by molar-refractivity contribution is 5.81. The van der Waals surface area contributed by atoms with Gasteiger partial charge in [0.15, 0.2) is 0 Å². The molecule has 16 heavy (non-hydrogen) atoms. The van der Waals surface area contributed by atoms with Crippen molar-refractivity contribution in [3.63, 3.8) is 0 Å². The second-order valence-electron chi connectivity index (χ2n) is 3.80. The van der Waals surface area contributed by atoms with Crippen LogP contribution in [-0.4, -0.2) is 11.9 Å². The molecule has 0 aromatic heterocycles. The molecule has 3 N–H and O–H groups in total. The van der Waals surface area contributed by atoms with Crippen LogP contribution < -0.4 is 11.1 Å². The molecule has 1 rings (SSSR count). The van der Waals surface area contributed by atoms with Gasteiger partial charge in [-0.3, -0.25) is 4.79 Å². The lowest BCUT2D eigenvalue weighted by Crippen LogP contribution is -2.41. The van der Waals surface area contributed by atoms with Crippen molar-refractivity contribution < 1.29 is 9.18 Å². The van der Waals surface area contributed by atoms with E-state index in [-0.39, 0.29) is 17.8 Å². The lowest BCUT2D eigenvalue weighted by molar-refractivity contribution is -0.123. The van der Waals surface area contributed by atoms with E-state index in [4.69, 9.17) is 5.73 Å². The zero-order valence-electron chi connectivity index (χ0n) is 9.53. The minimum Gasteiger partial charge on any atom is -0.348 e. The lowest BCUT2D eigenvalue weighted by atomic mass is 10.1. The van der Waals surface area contributed by atoms with Crippen LogP contribution in [0.5, 0.6) is 0 Å². The number of hydrogen-bond acceptors (Lipinski definition) is 2. The SMILES string of the molecule is CC[C@@H](N)C(=O)NC(C)c1cccc(F)c1. The molecule has 0 radical (unpaired) electrons. The lowest BCUT2D eigenvalue weighted by Gasteiger charge is -2.17. The van der Waals surface area contributed by atoms with E-state index in [1.807, 2.05) is 6.92 Å². The molecule has 1 amide bonds. The Morgan fingerprint density at radius 2 is 2.25 bits per heavy atom. The summed E-state index contributed by atoms with van der Waals surface area (Å²) in [6.07, 6.45) is 0.585. The molecule has 0 bridgehead atoms. The number of benzene rings is 1. The van der Waals surface area contributed by atoms with Gasteiger partial charge in [0.1, 0.15) is 5.82 Å². The van der Waals surface area contributed by atoms with Crippen LogP contribution in [0.3, 0.4) is 0 Å². The van der Waals surface area contributed by atoms with Crippen LogP contribution in [-0.2, 0) is 4.79 Å². The highest BCUT2D eigenvalue weighted by atomic mass is 19.1. The summed E-state index contributed by atoms with van der Waals surface area (Å²) in [6.45, 7) is 3.64. The number of nitrogens with two attached hydrogens (primary N) is 1. The van der Waals surface area contributed by atoms with Crippen LogP contribution in [0.25, 0.3) is 0 Å². The Labute approximate surface area is 94.8 Å². The summed E-state index contributed by atoms with van der Waals surface area (Å²) in [6, 6.07) is 5.42. The van der Waals surface area contributed by atoms with Crippen molar-refractivity contribution in [1.82, 2.24) is 5.32 Å². The molecule has 0 saturated carbocycles. The molecule has 1 aromatic rings. The number of hydrogen-bond donors (Lipinski definition) is 2. The van der Waals surface area contributed by atoms with E-state index in [0.717, 1.165) is 5.56 Å². The Hall–Kier alpha value is -1.42. The fraction of sp³-hybridized carbons (Fsp3) is 0.417. The molecule has 3 nitrogen and oxygen atoms in total. The Kier molecular flexibility index (Phi) is 4.43. The summed E-state index contributed by atoms with van der Waals surface area (Å²) in [4.78, 5) is 11.5. The predicted molar refractivity (Wildman–Crippen MR) is 61.2 cm³/mol. The first-order chi connectivity index (χ1) is 7.54. The molecule has 4 heteroatoms. The molecule has 1 aromatic carbocycles. The Balaban J connectivity index is 2.65. The summed E-state index contributed by atoms with van der Waals surface area (Å²) in [5.74, 6) is -0.516. The van der Waals surface area contributed by atoms with Gasteiger partial charge >= 0.3 is 0 Å². The zero-order chi connectivity index (χ0) is 12.1. The molecule has 0 heterocycles. The van der Waals surface area contributed by atoms with Gasteiger partial charge in [0.2, 0.25) is 5.91 Å². The number of rotatable bonds is 4. The van der Waals surface area contributed by atoms with Crippen LogP contribution in [0, 0.1) is 5.82 Å². The van der Waals surface area contributed by atoms with Gasteiger partial charge in [0.25, 0.3) is 0 Å². The Morgan fingerprint density at radius 3 is 2.81 bits per heavy atom. The van der Waals surface area contributed by atoms with Gasteiger partial charge in [-0.2, -0.15) is 0 Å². The van der Waals surface area contributed by atoms with Crippen molar-refractivity contribution in [2.24, 2.45) is 5.73 Å². The maximum Gasteiger partial charge on any atom is 0.237 e. The molecule has 0 fully saturated rings. The van der Waals surface area contributed by atoms with E-state index in [1.54, 1.807) is 19.1 Å². The number of nitrogens with one attached hydrogen (secondary N) is 1. The normalized spacial score (nSPS) is 14.2. The molecular formula is C12H17FN2O. The molecule has 0 aliphatic heterocycles. The van der Waals surface area contributed by atoms with E-state index >= 15 is 0 Å². The van der Waals surface area contributed by atoms with Gasteiger partial charge in [-0.1, -0.05) is 19.1 Å². The van der Waals surface area contributed by atoms with Gasteiger partial charge in [0.05, 0.1) is 12.1 Å². The monoisotopic (exact) mass is 224 g/mol. The smallest absolute Gasteiger partial charge is 0.237 e. The van der Waals surface area contributed by atoms with Crippen molar-refractivity contribution in [3.8, 4) is 0 Å². The first-order valence-corrected chi connectivity index (χ1v) is 5.36. The summed E-state index contributed by atoms with van der Waals surface area (Å²) >= 11 is 0. The van der Waals surface area contributed by atoms with E-state index in [9.17, 15) is 9.18 Å². The predicted octanol–water partition coefficient (Wildman–Crippen LogP) is 1.74. The van der Waals surface area contributed by atoms with Crippen molar-refractivity contribution >= 4 is 5.91 Å². The highest BCUT2D eigenvalue weighted by Crippen LogP contribution is 2.13. The number of carbonyl (C=O) groups is 1. The maximum absolute atomic E-state index is 13.0. The fourth-order valence-corrected chi connectivity index (χ4v) is 1.37. The van der Waals surface area contributed by atoms with Crippen LogP contribution in [0.2, 0.25) is 0 Å². The van der Waals surface area contributed by atoms with Crippen molar-refractivity contribution in [1.29, 1.82) is 0 Å². The molecule has 0 aliphatic carbocycles. The number of halogens is 1. The van der Waals surface area contributed by atoms with E-state index in [2.05, 4.69) is 5.32 Å². The van der Waals surface area contributed by atoms with Gasteiger partial charge < -0.3 is 11.1 Å². The molecular weight excluding hydrogens is 207 g/mol. The molecule has 0 spiro atoms. The standard InChI is InChI=1S/C12H17FN2O/c1-3-11(14)12(16)15-8(2)9-5-4-6-10(13)7-9/h4-8,11H,3,14H2,1-2H3,(H,15,16)/t8?,11-/m1/s1. The quantitative estimate of drug-likeness (QED) is 0.818. The van der Waals surface area contributed by atoms with Gasteiger partial charge in [-0.05, 0) is 31.0 Å².